The van der Waals surface area contributed by atoms with Crippen LogP contribution < -0.4 is 20.1 Å². The first kappa shape index (κ1) is 23.7. The molecule has 2 N–H and O–H groups in total. The summed E-state index contributed by atoms with van der Waals surface area (Å²) >= 11 is 0. The largest absolute Gasteiger partial charge is 0.490 e. The van der Waals surface area contributed by atoms with Gasteiger partial charge < -0.3 is 24.8 Å². The van der Waals surface area contributed by atoms with Gasteiger partial charge in [0.2, 0.25) is 5.91 Å². The van der Waals surface area contributed by atoms with Gasteiger partial charge in [-0.05, 0) is 62.7 Å². The van der Waals surface area contributed by atoms with E-state index in [1.807, 2.05) is 13.8 Å². The van der Waals surface area contributed by atoms with Crippen molar-refractivity contribution in [3.8, 4) is 11.5 Å². The first-order chi connectivity index (χ1) is 14.8. The Bertz CT molecular complexity index is 911. The van der Waals surface area contributed by atoms with Gasteiger partial charge in [0.05, 0.1) is 18.8 Å². The summed E-state index contributed by atoms with van der Waals surface area (Å²) in [6.07, 6.45) is -0.174. The summed E-state index contributed by atoms with van der Waals surface area (Å²) in [5, 5.41) is 5.31. The third kappa shape index (κ3) is 7.33. The van der Waals surface area contributed by atoms with E-state index in [0.717, 1.165) is 6.42 Å². The normalized spacial score (nSPS) is 11.2. The molecule has 0 saturated heterocycles. The van der Waals surface area contributed by atoms with Gasteiger partial charge >= 0.3 is 5.97 Å². The molecule has 1 unspecified atom stereocenters. The van der Waals surface area contributed by atoms with E-state index in [1.165, 1.54) is 13.8 Å². The zero-order valence-corrected chi connectivity index (χ0v) is 18.2. The van der Waals surface area contributed by atoms with Crippen LogP contribution in [0.3, 0.4) is 0 Å². The van der Waals surface area contributed by atoms with Crippen LogP contribution in [0.15, 0.2) is 42.5 Å². The van der Waals surface area contributed by atoms with Gasteiger partial charge in [0.25, 0.3) is 5.91 Å². The van der Waals surface area contributed by atoms with E-state index in [0.29, 0.717) is 36.1 Å². The Morgan fingerprint density at radius 3 is 2.13 bits per heavy atom. The van der Waals surface area contributed by atoms with Crippen molar-refractivity contribution in [3.63, 3.8) is 0 Å². The predicted octanol–water partition coefficient (Wildman–Crippen LogP) is 4.02. The summed E-state index contributed by atoms with van der Waals surface area (Å²) < 4.78 is 16.5. The van der Waals surface area contributed by atoms with Gasteiger partial charge in [-0.1, -0.05) is 6.92 Å². The smallest absolute Gasteiger partial charge is 0.339 e. The van der Waals surface area contributed by atoms with Crippen molar-refractivity contribution in [2.24, 2.45) is 0 Å². The molecule has 0 aliphatic heterocycles. The fourth-order valence-corrected chi connectivity index (χ4v) is 2.60. The highest BCUT2D eigenvalue weighted by Gasteiger charge is 2.20. The standard InChI is InChI=1S/C23H28N2O6/c1-5-13-30-20-12-7-17(14-21(20)29-6-2)23(28)31-15(3)22(27)25-19-10-8-18(9-11-19)24-16(4)26/h7-12,14-15H,5-6,13H2,1-4H3,(H,24,26)(H,25,27). The van der Waals surface area contributed by atoms with Crippen molar-refractivity contribution in [3.05, 3.63) is 48.0 Å². The second-order valence-corrected chi connectivity index (χ2v) is 6.74. The van der Waals surface area contributed by atoms with Gasteiger partial charge in [0.15, 0.2) is 17.6 Å². The molecule has 8 heteroatoms. The molecule has 166 valence electrons. The predicted molar refractivity (Wildman–Crippen MR) is 118 cm³/mol. The van der Waals surface area contributed by atoms with Crippen molar-refractivity contribution >= 4 is 29.2 Å². The number of ether oxygens (including phenoxy) is 3. The van der Waals surface area contributed by atoms with Gasteiger partial charge in [0.1, 0.15) is 0 Å². The van der Waals surface area contributed by atoms with E-state index in [-0.39, 0.29) is 11.5 Å². The summed E-state index contributed by atoms with van der Waals surface area (Å²) in [7, 11) is 0. The molecule has 0 heterocycles. The minimum atomic E-state index is -1.02. The Morgan fingerprint density at radius 2 is 1.55 bits per heavy atom. The summed E-state index contributed by atoms with van der Waals surface area (Å²) in [6, 6.07) is 11.4. The Kier molecular flexibility index (Phi) is 8.87. The molecule has 2 rings (SSSR count). The summed E-state index contributed by atoms with van der Waals surface area (Å²) in [4.78, 5) is 35.9. The van der Waals surface area contributed by atoms with Crippen molar-refractivity contribution in [1.29, 1.82) is 0 Å². The second-order valence-electron chi connectivity index (χ2n) is 6.74. The quantitative estimate of drug-likeness (QED) is 0.554. The number of hydrogen-bond donors (Lipinski definition) is 2. The van der Waals surface area contributed by atoms with Crippen LogP contribution in [-0.2, 0) is 14.3 Å². The van der Waals surface area contributed by atoms with Crippen LogP contribution >= 0.6 is 0 Å². The van der Waals surface area contributed by atoms with Crippen LogP contribution in [0.25, 0.3) is 0 Å². The Labute approximate surface area is 181 Å². The van der Waals surface area contributed by atoms with Crippen molar-refractivity contribution in [2.45, 2.75) is 40.2 Å². The minimum Gasteiger partial charge on any atom is -0.490 e. The number of anilines is 2. The average Bonchev–Trinajstić information content (AvgIpc) is 2.73. The Balaban J connectivity index is 1.99. The van der Waals surface area contributed by atoms with E-state index in [9.17, 15) is 14.4 Å². The fourth-order valence-electron chi connectivity index (χ4n) is 2.60. The molecule has 0 aliphatic carbocycles. The van der Waals surface area contributed by atoms with E-state index in [2.05, 4.69) is 10.6 Å². The molecule has 2 amide bonds. The molecule has 0 aromatic heterocycles. The maximum Gasteiger partial charge on any atom is 0.339 e. The summed E-state index contributed by atoms with van der Waals surface area (Å²) in [5.41, 5.74) is 1.38. The molecule has 0 saturated carbocycles. The number of carbonyl (C=O) groups excluding carboxylic acids is 3. The molecule has 0 bridgehead atoms. The van der Waals surface area contributed by atoms with E-state index >= 15 is 0 Å². The molecule has 0 radical (unpaired) electrons. The number of esters is 1. The molecule has 0 spiro atoms. The molecule has 1 atom stereocenters. The molecular formula is C23H28N2O6. The van der Waals surface area contributed by atoms with Gasteiger partial charge in [-0.25, -0.2) is 4.79 Å². The number of carbonyl (C=O) groups is 3. The molecule has 2 aromatic carbocycles. The number of amides is 2. The zero-order valence-electron chi connectivity index (χ0n) is 18.2. The fraction of sp³-hybridized carbons (Fsp3) is 0.348. The lowest BCUT2D eigenvalue weighted by molar-refractivity contribution is -0.123. The van der Waals surface area contributed by atoms with Crippen LogP contribution in [0.5, 0.6) is 11.5 Å². The first-order valence-corrected chi connectivity index (χ1v) is 10.1. The molecule has 0 aliphatic rings. The SMILES string of the molecule is CCCOc1ccc(C(=O)OC(C)C(=O)Nc2ccc(NC(C)=O)cc2)cc1OCC. The topological polar surface area (TPSA) is 103 Å². The van der Waals surface area contributed by atoms with E-state index in [1.54, 1.807) is 42.5 Å². The number of benzene rings is 2. The van der Waals surface area contributed by atoms with E-state index in [4.69, 9.17) is 14.2 Å². The molecule has 2 aromatic rings. The summed E-state index contributed by atoms with van der Waals surface area (Å²) in [6.45, 7) is 7.68. The Morgan fingerprint density at radius 1 is 0.903 bits per heavy atom. The second kappa shape index (κ2) is 11.6. The highest BCUT2D eigenvalue weighted by molar-refractivity contribution is 5.98. The minimum absolute atomic E-state index is 0.185. The monoisotopic (exact) mass is 428 g/mol. The van der Waals surface area contributed by atoms with Crippen molar-refractivity contribution < 1.29 is 28.6 Å². The van der Waals surface area contributed by atoms with Crippen LogP contribution in [0, 0.1) is 0 Å². The molecule has 31 heavy (non-hydrogen) atoms. The highest BCUT2D eigenvalue weighted by Crippen LogP contribution is 2.29. The molecular weight excluding hydrogens is 400 g/mol. The van der Waals surface area contributed by atoms with Gasteiger partial charge in [-0.15, -0.1) is 0 Å². The van der Waals surface area contributed by atoms with Crippen LogP contribution in [-0.4, -0.2) is 37.1 Å². The lowest BCUT2D eigenvalue weighted by Crippen LogP contribution is -2.30. The lowest BCUT2D eigenvalue weighted by atomic mass is 10.2. The van der Waals surface area contributed by atoms with Crippen LogP contribution in [0.4, 0.5) is 11.4 Å². The number of nitrogens with one attached hydrogen (secondary N) is 2. The third-order valence-corrected chi connectivity index (χ3v) is 4.07. The molecule has 0 fully saturated rings. The average molecular weight is 428 g/mol. The number of hydrogen-bond acceptors (Lipinski definition) is 6. The lowest BCUT2D eigenvalue weighted by Gasteiger charge is -2.15. The maximum atomic E-state index is 12.5. The Hall–Kier alpha value is -3.55. The van der Waals surface area contributed by atoms with Crippen molar-refractivity contribution in [2.75, 3.05) is 23.8 Å². The molecule has 8 nitrogen and oxygen atoms in total. The first-order valence-electron chi connectivity index (χ1n) is 10.1. The summed E-state index contributed by atoms with van der Waals surface area (Å²) in [5.74, 6) is -0.314. The van der Waals surface area contributed by atoms with Crippen molar-refractivity contribution in [1.82, 2.24) is 0 Å². The van der Waals surface area contributed by atoms with E-state index < -0.39 is 18.0 Å². The highest BCUT2D eigenvalue weighted by atomic mass is 16.5. The maximum absolute atomic E-state index is 12.5. The van der Waals surface area contributed by atoms with Crippen LogP contribution in [0.2, 0.25) is 0 Å². The van der Waals surface area contributed by atoms with Crippen LogP contribution in [0.1, 0.15) is 44.5 Å². The van der Waals surface area contributed by atoms with Gasteiger partial charge in [-0.3, -0.25) is 9.59 Å². The van der Waals surface area contributed by atoms with Gasteiger partial charge in [0, 0.05) is 18.3 Å². The third-order valence-electron chi connectivity index (χ3n) is 4.07. The zero-order chi connectivity index (χ0) is 22.8. The number of rotatable bonds is 10. The van der Waals surface area contributed by atoms with Gasteiger partial charge in [-0.2, -0.15) is 0 Å².